The molecule has 2 aliphatic rings. The van der Waals surface area contributed by atoms with Crippen LogP contribution in [0.5, 0.6) is 0 Å². The minimum absolute atomic E-state index is 0.0197. The van der Waals surface area contributed by atoms with Crippen LogP contribution in [0.2, 0.25) is 0 Å². The molecule has 2 amide bonds. The van der Waals surface area contributed by atoms with Crippen molar-refractivity contribution in [3.05, 3.63) is 30.1 Å². The summed E-state index contributed by atoms with van der Waals surface area (Å²) in [6.45, 7) is 11.2. The number of hydrogen-bond acceptors (Lipinski definition) is 5. The first-order valence-corrected chi connectivity index (χ1v) is 10.9. The molecule has 33 heavy (non-hydrogen) atoms. The Balaban J connectivity index is 0.000000479. The van der Waals surface area contributed by atoms with Crippen LogP contribution in [0.4, 0.5) is 13.2 Å². The van der Waals surface area contributed by atoms with Crippen LogP contribution in [-0.2, 0) is 20.9 Å². The van der Waals surface area contributed by atoms with Crippen molar-refractivity contribution in [3.63, 3.8) is 0 Å². The predicted molar refractivity (Wildman–Crippen MR) is 114 cm³/mol. The summed E-state index contributed by atoms with van der Waals surface area (Å²) in [5, 5.41) is 7.12. The second-order valence-corrected chi connectivity index (χ2v) is 8.83. The number of rotatable bonds is 4. The summed E-state index contributed by atoms with van der Waals surface area (Å²) >= 11 is 0. The Morgan fingerprint density at radius 2 is 1.85 bits per heavy atom. The fourth-order valence-electron chi connectivity index (χ4n) is 4.24. The third-order valence-electron chi connectivity index (χ3n) is 5.72. The van der Waals surface area contributed by atoms with Crippen LogP contribution < -0.4 is 0 Å². The van der Waals surface area contributed by atoms with Gasteiger partial charge in [-0.1, -0.05) is 19.9 Å². The maximum atomic E-state index is 12.7. The number of aliphatic carboxylic acids is 1. The predicted octanol–water partition coefficient (Wildman–Crippen LogP) is 2.25. The third-order valence-corrected chi connectivity index (χ3v) is 5.72. The first kappa shape index (κ1) is 26.6. The van der Waals surface area contributed by atoms with Crippen molar-refractivity contribution in [2.45, 2.75) is 39.9 Å². The number of amides is 2. The number of nitrogens with zero attached hydrogens (tertiary/aromatic N) is 4. The van der Waals surface area contributed by atoms with E-state index in [0.29, 0.717) is 19.5 Å². The number of carboxylic acids is 1. The lowest BCUT2D eigenvalue weighted by Gasteiger charge is -2.34. The molecule has 0 saturated carbocycles. The van der Waals surface area contributed by atoms with Crippen LogP contribution in [0.1, 0.15) is 32.9 Å². The van der Waals surface area contributed by atoms with Crippen molar-refractivity contribution in [2.75, 3.05) is 39.3 Å². The van der Waals surface area contributed by atoms with Crippen molar-refractivity contribution < 1.29 is 32.7 Å². The van der Waals surface area contributed by atoms with E-state index < -0.39 is 12.1 Å². The number of aromatic nitrogens is 1. The Morgan fingerprint density at radius 1 is 1.18 bits per heavy atom. The van der Waals surface area contributed by atoms with Gasteiger partial charge in [0.2, 0.25) is 11.8 Å². The van der Waals surface area contributed by atoms with Crippen molar-refractivity contribution >= 4 is 17.8 Å². The molecule has 8 nitrogen and oxygen atoms in total. The van der Waals surface area contributed by atoms with Crippen LogP contribution in [0.15, 0.2) is 24.4 Å². The topological polar surface area (TPSA) is 94.1 Å². The second-order valence-electron chi connectivity index (χ2n) is 8.83. The fraction of sp³-hybridized carbons (Fsp3) is 0.636. The van der Waals surface area contributed by atoms with Crippen LogP contribution >= 0.6 is 0 Å². The molecule has 1 aromatic heterocycles. The number of pyridine rings is 1. The van der Waals surface area contributed by atoms with E-state index in [2.05, 4.69) is 9.88 Å². The fourth-order valence-corrected chi connectivity index (χ4v) is 4.24. The van der Waals surface area contributed by atoms with Gasteiger partial charge in [-0.3, -0.25) is 19.5 Å². The zero-order valence-corrected chi connectivity index (χ0v) is 19.1. The van der Waals surface area contributed by atoms with E-state index in [1.165, 1.54) is 0 Å². The number of carbonyl (C=O) groups excluding carboxylic acids is 2. The van der Waals surface area contributed by atoms with Gasteiger partial charge < -0.3 is 14.9 Å². The molecular formula is C22H31F3N4O4. The van der Waals surface area contributed by atoms with Crippen LogP contribution in [0.3, 0.4) is 0 Å². The maximum Gasteiger partial charge on any atom is 0.490 e. The van der Waals surface area contributed by atoms with E-state index >= 15 is 0 Å². The highest BCUT2D eigenvalue weighted by atomic mass is 19.4. The molecule has 1 unspecified atom stereocenters. The first-order valence-electron chi connectivity index (χ1n) is 10.9. The average Bonchev–Trinajstić information content (AvgIpc) is 2.94. The molecule has 184 valence electrons. The monoisotopic (exact) mass is 472 g/mol. The molecule has 11 heteroatoms. The Morgan fingerprint density at radius 3 is 2.33 bits per heavy atom. The summed E-state index contributed by atoms with van der Waals surface area (Å²) < 4.78 is 31.7. The molecular weight excluding hydrogens is 441 g/mol. The second kappa shape index (κ2) is 11.0. The molecule has 3 heterocycles. The number of carbonyl (C=O) groups is 3. The summed E-state index contributed by atoms with van der Waals surface area (Å²) in [5.41, 5.74) is 0.853. The van der Waals surface area contributed by atoms with Gasteiger partial charge in [-0.15, -0.1) is 0 Å². The summed E-state index contributed by atoms with van der Waals surface area (Å²) in [4.78, 5) is 44.8. The lowest BCUT2D eigenvalue weighted by atomic mass is 9.85. The van der Waals surface area contributed by atoms with Gasteiger partial charge in [-0.05, 0) is 19.1 Å². The minimum Gasteiger partial charge on any atom is -0.475 e. The van der Waals surface area contributed by atoms with E-state index in [4.69, 9.17) is 9.90 Å². The van der Waals surface area contributed by atoms with Gasteiger partial charge in [-0.25, -0.2) is 4.79 Å². The Hall–Kier alpha value is -2.69. The standard InChI is InChI=1S/C20H30N4O2.C2HF3O2/c1-4-23-14-20(11-18(23)25)13-22(12-17-7-5-6-8-21-17)9-10-24(15-20)19(26)16(2)3;3-2(4,5)1(6)7/h5-8,16H,4,9-15H2,1-3H3;(H,6,7). The molecule has 1 spiro atoms. The molecule has 1 N–H and O–H groups in total. The molecule has 0 aliphatic carbocycles. The SMILES string of the molecule is CCN1CC2(CC1=O)CN(Cc1ccccn1)CCN(C(=O)C(C)C)C2.O=C(O)C(F)(F)F. The zero-order valence-electron chi connectivity index (χ0n) is 19.1. The van der Waals surface area contributed by atoms with Crippen molar-refractivity contribution in [2.24, 2.45) is 11.3 Å². The zero-order chi connectivity index (χ0) is 24.8. The molecule has 0 aromatic carbocycles. The molecule has 1 aromatic rings. The third kappa shape index (κ3) is 7.41. The summed E-state index contributed by atoms with van der Waals surface area (Å²) in [5.74, 6) is -2.38. The van der Waals surface area contributed by atoms with E-state index in [1.807, 2.05) is 55.0 Å². The van der Waals surface area contributed by atoms with E-state index in [-0.39, 0.29) is 23.1 Å². The van der Waals surface area contributed by atoms with Gasteiger partial charge in [0.25, 0.3) is 0 Å². The van der Waals surface area contributed by atoms with Gasteiger partial charge in [-0.2, -0.15) is 13.2 Å². The average molecular weight is 473 g/mol. The Labute approximate surface area is 191 Å². The van der Waals surface area contributed by atoms with Crippen molar-refractivity contribution in [1.29, 1.82) is 0 Å². The number of carboxylic acid groups (broad SMARTS) is 1. The van der Waals surface area contributed by atoms with Gasteiger partial charge in [0.05, 0.1) is 5.69 Å². The summed E-state index contributed by atoms with van der Waals surface area (Å²) in [7, 11) is 0. The maximum absolute atomic E-state index is 12.7. The van der Waals surface area contributed by atoms with Crippen LogP contribution in [0, 0.1) is 11.3 Å². The molecule has 3 rings (SSSR count). The van der Waals surface area contributed by atoms with E-state index in [1.54, 1.807) is 0 Å². The quantitative estimate of drug-likeness (QED) is 0.723. The van der Waals surface area contributed by atoms with Crippen LogP contribution in [-0.4, -0.2) is 88.0 Å². The highest BCUT2D eigenvalue weighted by Crippen LogP contribution is 2.35. The van der Waals surface area contributed by atoms with E-state index in [0.717, 1.165) is 38.4 Å². The molecule has 2 fully saturated rings. The highest BCUT2D eigenvalue weighted by Gasteiger charge is 2.47. The minimum atomic E-state index is -5.08. The van der Waals surface area contributed by atoms with Gasteiger partial charge in [0.15, 0.2) is 0 Å². The number of likely N-dealkylation sites (tertiary alicyclic amines) is 1. The molecule has 0 bridgehead atoms. The largest absolute Gasteiger partial charge is 0.490 e. The highest BCUT2D eigenvalue weighted by molar-refractivity contribution is 5.81. The smallest absolute Gasteiger partial charge is 0.475 e. The first-order chi connectivity index (χ1) is 15.4. The summed E-state index contributed by atoms with van der Waals surface area (Å²) in [6.07, 6.45) is -2.74. The lowest BCUT2D eigenvalue weighted by molar-refractivity contribution is -0.192. The van der Waals surface area contributed by atoms with E-state index in [9.17, 15) is 22.8 Å². The summed E-state index contributed by atoms with van der Waals surface area (Å²) in [6, 6.07) is 5.96. The number of alkyl halides is 3. The number of halogens is 3. The van der Waals surface area contributed by atoms with Gasteiger partial charge >= 0.3 is 12.1 Å². The van der Waals surface area contributed by atoms with Crippen molar-refractivity contribution in [3.8, 4) is 0 Å². The lowest BCUT2D eigenvalue weighted by Crippen LogP contribution is -2.45. The molecule has 1 atom stereocenters. The Kier molecular flexibility index (Phi) is 8.82. The molecule has 2 saturated heterocycles. The van der Waals surface area contributed by atoms with Crippen LogP contribution in [0.25, 0.3) is 0 Å². The number of hydrogen-bond donors (Lipinski definition) is 1. The van der Waals surface area contributed by atoms with Crippen molar-refractivity contribution in [1.82, 2.24) is 19.7 Å². The van der Waals surface area contributed by atoms with Gasteiger partial charge in [0, 0.05) is 69.8 Å². The normalized spacial score (nSPS) is 21.7. The Bertz CT molecular complexity index is 835. The van der Waals surface area contributed by atoms with Gasteiger partial charge in [0.1, 0.15) is 0 Å². The molecule has 0 radical (unpaired) electrons. The molecule has 2 aliphatic heterocycles.